The lowest BCUT2D eigenvalue weighted by molar-refractivity contribution is -0.141. The molecule has 1 aliphatic heterocycles. The van der Waals surface area contributed by atoms with E-state index in [1.807, 2.05) is 6.07 Å². The van der Waals surface area contributed by atoms with Crippen LogP contribution in [-0.2, 0) is 9.53 Å². The van der Waals surface area contributed by atoms with Crippen LogP contribution < -0.4 is 10.5 Å². The third kappa shape index (κ3) is 2.17. The highest BCUT2D eigenvalue weighted by atomic mass is 16.8. The van der Waals surface area contributed by atoms with Gasteiger partial charge in [0.05, 0.1) is 19.2 Å². The number of ether oxygens (including phenoxy) is 1. The normalized spacial score (nSPS) is 17.2. The van der Waals surface area contributed by atoms with Gasteiger partial charge in [-0.25, -0.2) is 0 Å². The Morgan fingerprint density at radius 3 is 3.00 bits per heavy atom. The lowest BCUT2D eigenvalue weighted by atomic mass is 9.96. The van der Waals surface area contributed by atoms with Crippen LogP contribution in [0.1, 0.15) is 17.9 Å². The van der Waals surface area contributed by atoms with Crippen LogP contribution in [0, 0.1) is 0 Å². The monoisotopic (exact) mass is 238 g/mol. The van der Waals surface area contributed by atoms with Gasteiger partial charge in [0.2, 0.25) is 0 Å². The molecule has 17 heavy (non-hydrogen) atoms. The Balaban J connectivity index is 2.32. The zero-order valence-corrected chi connectivity index (χ0v) is 9.38. The molecule has 1 aromatic rings. The molecule has 1 aliphatic rings. The number of methoxy groups -OCH3 is 1. The molecule has 1 heterocycles. The number of anilines is 2. The number of nitrogens with one attached hydrogen (secondary N) is 1. The molecule has 6 heteroatoms. The Kier molecular flexibility index (Phi) is 3.16. The summed E-state index contributed by atoms with van der Waals surface area (Å²) in [6.45, 7) is 0.579. The maximum absolute atomic E-state index is 11.3. The number of carbonyl (C=O) groups excluding carboxylic acids is 1. The minimum Gasteiger partial charge on any atom is -0.469 e. The Morgan fingerprint density at radius 1 is 1.59 bits per heavy atom. The van der Waals surface area contributed by atoms with Gasteiger partial charge >= 0.3 is 5.97 Å². The van der Waals surface area contributed by atoms with Gasteiger partial charge < -0.3 is 10.1 Å². The predicted molar refractivity (Wildman–Crippen MR) is 60.4 cm³/mol. The second-order valence-corrected chi connectivity index (χ2v) is 3.89. The number of hydrogen-bond acceptors (Lipinski definition) is 6. The molecule has 1 aromatic carbocycles. The Bertz CT molecular complexity index is 433. The van der Waals surface area contributed by atoms with Gasteiger partial charge in [0.1, 0.15) is 0 Å². The summed E-state index contributed by atoms with van der Waals surface area (Å²) in [4.78, 5) is 11.3. The highest BCUT2D eigenvalue weighted by Gasteiger charge is 2.28. The van der Waals surface area contributed by atoms with Crippen LogP contribution in [0.4, 0.5) is 11.4 Å². The fraction of sp³-hybridized carbons (Fsp3) is 0.364. The predicted octanol–water partition coefficient (Wildman–Crippen LogP) is 1.34. The molecule has 0 fully saturated rings. The van der Waals surface area contributed by atoms with E-state index in [4.69, 9.17) is 10.4 Å². The number of fused-ring (bicyclic) bond motifs is 1. The van der Waals surface area contributed by atoms with E-state index in [9.17, 15) is 4.79 Å². The Hall–Kier alpha value is -1.79. The fourth-order valence-corrected chi connectivity index (χ4v) is 2.10. The molecule has 3 N–H and O–H groups in total. The number of nitrogens with zero attached hydrogens (tertiary/aromatic N) is 1. The van der Waals surface area contributed by atoms with Crippen LogP contribution in [0.5, 0.6) is 0 Å². The lowest BCUT2D eigenvalue weighted by Crippen LogP contribution is -2.16. The maximum atomic E-state index is 11.3. The third-order valence-corrected chi connectivity index (χ3v) is 2.89. The minimum absolute atomic E-state index is 0.0795. The first-order valence-corrected chi connectivity index (χ1v) is 5.25. The second-order valence-electron chi connectivity index (χ2n) is 3.89. The van der Waals surface area contributed by atoms with Crippen molar-refractivity contribution in [1.29, 1.82) is 0 Å². The largest absolute Gasteiger partial charge is 0.469 e. The van der Waals surface area contributed by atoms with E-state index in [-0.39, 0.29) is 29.2 Å². The van der Waals surface area contributed by atoms with Crippen molar-refractivity contribution < 1.29 is 19.9 Å². The van der Waals surface area contributed by atoms with Crippen molar-refractivity contribution in [2.45, 2.75) is 12.3 Å². The van der Waals surface area contributed by atoms with Crippen molar-refractivity contribution in [1.82, 2.24) is 0 Å². The van der Waals surface area contributed by atoms with Crippen molar-refractivity contribution >= 4 is 17.3 Å². The molecule has 2 rings (SSSR count). The molecule has 0 saturated carbocycles. The highest BCUT2D eigenvalue weighted by molar-refractivity contribution is 5.76. The summed E-state index contributed by atoms with van der Waals surface area (Å²) in [7, 11) is 1.34. The summed E-state index contributed by atoms with van der Waals surface area (Å²) < 4.78 is 4.62. The molecular weight excluding hydrogens is 224 g/mol. The van der Waals surface area contributed by atoms with Gasteiger partial charge in [-0.05, 0) is 12.1 Å². The van der Waals surface area contributed by atoms with Crippen molar-refractivity contribution in [2.24, 2.45) is 0 Å². The summed E-state index contributed by atoms with van der Waals surface area (Å²) >= 11 is 0. The van der Waals surface area contributed by atoms with Crippen molar-refractivity contribution in [3.63, 3.8) is 0 Å². The van der Waals surface area contributed by atoms with Gasteiger partial charge in [0, 0.05) is 23.7 Å². The zero-order valence-electron chi connectivity index (χ0n) is 9.38. The topological polar surface area (TPSA) is 82.0 Å². The standard InChI is InChI=1S/C11H14N2O4/c1-17-10(14)5-7-6-12-8-3-2-4-9(11(7)8)13(15)16/h2-4,7,12,15-16H,5-6H2,1H3. The molecule has 92 valence electrons. The van der Waals surface area contributed by atoms with Gasteiger partial charge in [0.25, 0.3) is 0 Å². The quantitative estimate of drug-likeness (QED) is 0.544. The van der Waals surface area contributed by atoms with Gasteiger partial charge in [-0.1, -0.05) is 6.07 Å². The summed E-state index contributed by atoms with van der Waals surface area (Å²) in [6.07, 6.45) is 0.210. The first-order valence-electron chi connectivity index (χ1n) is 5.25. The van der Waals surface area contributed by atoms with Crippen molar-refractivity contribution in [2.75, 3.05) is 24.2 Å². The molecule has 1 atom stereocenters. The van der Waals surface area contributed by atoms with Gasteiger partial charge in [0.15, 0.2) is 0 Å². The fourth-order valence-electron chi connectivity index (χ4n) is 2.10. The molecule has 0 saturated heterocycles. The van der Waals surface area contributed by atoms with Crippen LogP contribution in [0.25, 0.3) is 0 Å². The van der Waals surface area contributed by atoms with Crippen LogP contribution in [0.2, 0.25) is 0 Å². The summed E-state index contributed by atoms with van der Waals surface area (Å²) in [5.74, 6) is -0.433. The van der Waals surface area contributed by atoms with Crippen LogP contribution in [-0.4, -0.2) is 30.0 Å². The van der Waals surface area contributed by atoms with E-state index in [0.29, 0.717) is 6.54 Å². The van der Waals surface area contributed by atoms with Gasteiger partial charge in [-0.2, -0.15) is 0 Å². The van der Waals surface area contributed by atoms with E-state index in [0.717, 1.165) is 11.3 Å². The number of rotatable bonds is 3. The molecule has 0 amide bonds. The molecular formula is C11H14N2O4. The van der Waals surface area contributed by atoms with Crippen LogP contribution >= 0.6 is 0 Å². The molecule has 0 radical (unpaired) electrons. The van der Waals surface area contributed by atoms with E-state index >= 15 is 0 Å². The van der Waals surface area contributed by atoms with Gasteiger partial charge in [-0.15, -0.1) is 5.23 Å². The van der Waals surface area contributed by atoms with E-state index in [2.05, 4.69) is 10.1 Å². The van der Waals surface area contributed by atoms with Crippen molar-refractivity contribution in [3.8, 4) is 0 Å². The third-order valence-electron chi connectivity index (χ3n) is 2.89. The molecule has 0 bridgehead atoms. The SMILES string of the molecule is COC(=O)CC1CNc2cccc(N(O)O)c21. The van der Waals surface area contributed by atoms with E-state index in [1.54, 1.807) is 12.1 Å². The first kappa shape index (κ1) is 11.7. The number of hydrogen-bond donors (Lipinski definition) is 3. The number of benzene rings is 1. The zero-order chi connectivity index (χ0) is 12.4. The molecule has 0 aromatic heterocycles. The number of carbonyl (C=O) groups is 1. The molecule has 6 nitrogen and oxygen atoms in total. The lowest BCUT2D eigenvalue weighted by Gasteiger charge is -2.16. The van der Waals surface area contributed by atoms with Crippen LogP contribution in [0.3, 0.4) is 0 Å². The Labute approximate surface area is 98.3 Å². The average Bonchev–Trinajstić information content (AvgIpc) is 2.72. The smallest absolute Gasteiger partial charge is 0.306 e. The number of esters is 1. The summed E-state index contributed by atoms with van der Waals surface area (Å²) in [5, 5.41) is 21.5. The van der Waals surface area contributed by atoms with E-state index < -0.39 is 0 Å². The van der Waals surface area contributed by atoms with Crippen LogP contribution in [0.15, 0.2) is 18.2 Å². The second kappa shape index (κ2) is 4.60. The minimum atomic E-state index is -0.318. The van der Waals surface area contributed by atoms with E-state index in [1.165, 1.54) is 7.11 Å². The maximum Gasteiger partial charge on any atom is 0.306 e. The first-order chi connectivity index (χ1) is 8.13. The van der Waals surface area contributed by atoms with Gasteiger partial charge in [-0.3, -0.25) is 15.2 Å². The molecule has 0 spiro atoms. The highest BCUT2D eigenvalue weighted by Crippen LogP contribution is 2.39. The van der Waals surface area contributed by atoms with Crippen molar-refractivity contribution in [3.05, 3.63) is 23.8 Å². The summed E-state index contributed by atoms with van der Waals surface area (Å²) in [5.41, 5.74) is 1.81. The average molecular weight is 238 g/mol. The molecule has 1 unspecified atom stereocenters. The summed E-state index contributed by atoms with van der Waals surface area (Å²) in [6, 6.07) is 5.12. The Morgan fingerprint density at radius 2 is 2.35 bits per heavy atom. The molecule has 0 aliphatic carbocycles.